The molecule has 1 aliphatic heterocycles. The van der Waals surface area contributed by atoms with Crippen molar-refractivity contribution >= 4 is 11.4 Å². The molecule has 98 valence electrons. The van der Waals surface area contributed by atoms with E-state index in [1.54, 1.807) is 24.8 Å². The van der Waals surface area contributed by atoms with Crippen LogP contribution in [-0.4, -0.2) is 28.0 Å². The molecule has 1 aliphatic rings. The molecule has 0 N–H and O–H groups in total. The van der Waals surface area contributed by atoms with Crippen molar-refractivity contribution in [2.24, 2.45) is 0 Å². The molecule has 0 aliphatic carbocycles. The fourth-order valence-electron chi connectivity index (χ4n) is 2.34. The number of rotatable bonds is 2. The second-order valence-corrected chi connectivity index (χ2v) is 4.52. The van der Waals surface area contributed by atoms with Crippen LogP contribution in [0.15, 0.2) is 43.0 Å². The Bertz CT molecular complexity index is 672. The van der Waals surface area contributed by atoms with Crippen LogP contribution >= 0.6 is 0 Å². The summed E-state index contributed by atoms with van der Waals surface area (Å²) in [5.41, 5.74) is 2.77. The summed E-state index contributed by atoms with van der Waals surface area (Å²) in [6, 6.07) is 6.10. The van der Waals surface area contributed by atoms with Gasteiger partial charge >= 0.3 is 0 Å². The molecule has 2 aromatic rings. The van der Waals surface area contributed by atoms with Crippen molar-refractivity contribution in [2.75, 3.05) is 18.0 Å². The van der Waals surface area contributed by atoms with Crippen LogP contribution in [0, 0.1) is 11.3 Å². The lowest BCUT2D eigenvalue weighted by Gasteiger charge is -2.28. The summed E-state index contributed by atoms with van der Waals surface area (Å²) >= 11 is 0. The summed E-state index contributed by atoms with van der Waals surface area (Å²) in [7, 11) is 0. The van der Waals surface area contributed by atoms with Gasteiger partial charge in [-0.3, -0.25) is 4.98 Å². The van der Waals surface area contributed by atoms with Gasteiger partial charge in [0.1, 0.15) is 6.07 Å². The SMILES string of the molecule is N#Cc1nccnc1N1CCC=C(c2ccncc2)C1. The standard InChI is InChI=1S/C15H13N5/c16-10-14-15(19-8-7-18-14)20-9-1-2-13(11-20)12-3-5-17-6-4-12/h2-8H,1,9,11H2. The lowest BCUT2D eigenvalue weighted by Crippen LogP contribution is -2.31. The van der Waals surface area contributed by atoms with E-state index in [1.165, 1.54) is 5.57 Å². The van der Waals surface area contributed by atoms with E-state index in [-0.39, 0.29) is 0 Å². The van der Waals surface area contributed by atoms with Crippen LogP contribution in [0.4, 0.5) is 5.82 Å². The Morgan fingerprint density at radius 2 is 1.90 bits per heavy atom. The number of hydrogen-bond donors (Lipinski definition) is 0. The number of nitrogens with zero attached hydrogens (tertiary/aromatic N) is 5. The van der Waals surface area contributed by atoms with Gasteiger partial charge in [-0.15, -0.1) is 0 Å². The van der Waals surface area contributed by atoms with Gasteiger partial charge in [-0.05, 0) is 29.7 Å². The third-order valence-electron chi connectivity index (χ3n) is 3.29. The van der Waals surface area contributed by atoms with Crippen molar-refractivity contribution in [1.29, 1.82) is 5.26 Å². The molecule has 0 fully saturated rings. The highest BCUT2D eigenvalue weighted by Crippen LogP contribution is 2.24. The molecular weight excluding hydrogens is 250 g/mol. The summed E-state index contributed by atoms with van der Waals surface area (Å²) in [6.45, 7) is 1.58. The highest BCUT2D eigenvalue weighted by Gasteiger charge is 2.18. The molecule has 0 saturated heterocycles. The Morgan fingerprint density at radius 3 is 2.70 bits per heavy atom. The molecule has 3 rings (SSSR count). The monoisotopic (exact) mass is 263 g/mol. The highest BCUT2D eigenvalue weighted by molar-refractivity contribution is 5.71. The van der Waals surface area contributed by atoms with Crippen molar-refractivity contribution in [2.45, 2.75) is 6.42 Å². The quantitative estimate of drug-likeness (QED) is 0.829. The molecule has 0 spiro atoms. The Balaban J connectivity index is 1.88. The first-order valence-corrected chi connectivity index (χ1v) is 6.44. The average Bonchev–Trinajstić information content (AvgIpc) is 2.56. The van der Waals surface area contributed by atoms with Gasteiger partial charge in [0.25, 0.3) is 0 Å². The van der Waals surface area contributed by atoms with E-state index in [0.29, 0.717) is 11.5 Å². The summed E-state index contributed by atoms with van der Waals surface area (Å²) < 4.78 is 0. The predicted molar refractivity (Wildman–Crippen MR) is 75.8 cm³/mol. The normalized spacial score (nSPS) is 14.6. The lowest BCUT2D eigenvalue weighted by molar-refractivity contribution is 0.808. The second kappa shape index (κ2) is 5.49. The van der Waals surface area contributed by atoms with Gasteiger partial charge in [-0.25, -0.2) is 9.97 Å². The largest absolute Gasteiger partial charge is 0.350 e. The minimum absolute atomic E-state index is 0.378. The van der Waals surface area contributed by atoms with Crippen molar-refractivity contribution < 1.29 is 0 Å². The number of nitriles is 1. The Kier molecular flexibility index (Phi) is 3.38. The van der Waals surface area contributed by atoms with Crippen molar-refractivity contribution in [3.8, 4) is 6.07 Å². The van der Waals surface area contributed by atoms with Crippen molar-refractivity contribution in [3.63, 3.8) is 0 Å². The molecule has 0 aromatic carbocycles. The third-order valence-corrected chi connectivity index (χ3v) is 3.29. The number of aromatic nitrogens is 3. The van der Waals surface area contributed by atoms with Crippen LogP contribution in [0.25, 0.3) is 5.57 Å². The van der Waals surface area contributed by atoms with Gasteiger partial charge in [0.15, 0.2) is 11.5 Å². The van der Waals surface area contributed by atoms with E-state index in [0.717, 1.165) is 25.1 Å². The summed E-state index contributed by atoms with van der Waals surface area (Å²) in [6.07, 6.45) is 9.91. The Labute approximate surface area is 117 Å². The van der Waals surface area contributed by atoms with Gasteiger partial charge in [0, 0.05) is 37.9 Å². The Hall–Kier alpha value is -2.74. The molecular formula is C15H13N5. The molecule has 20 heavy (non-hydrogen) atoms. The summed E-state index contributed by atoms with van der Waals surface area (Å²) in [5.74, 6) is 0.662. The molecule has 0 radical (unpaired) electrons. The van der Waals surface area contributed by atoms with Gasteiger partial charge < -0.3 is 4.90 Å². The molecule has 0 amide bonds. The van der Waals surface area contributed by atoms with Gasteiger partial charge in [0.05, 0.1) is 0 Å². The summed E-state index contributed by atoms with van der Waals surface area (Å²) in [4.78, 5) is 14.5. The first-order chi connectivity index (χ1) is 9.88. The van der Waals surface area contributed by atoms with E-state index in [9.17, 15) is 0 Å². The van der Waals surface area contributed by atoms with Gasteiger partial charge in [-0.1, -0.05) is 6.08 Å². The van der Waals surface area contributed by atoms with E-state index in [4.69, 9.17) is 5.26 Å². The van der Waals surface area contributed by atoms with E-state index < -0.39 is 0 Å². The van der Waals surface area contributed by atoms with Gasteiger partial charge in [-0.2, -0.15) is 5.26 Å². The molecule has 0 unspecified atom stereocenters. The first kappa shape index (κ1) is 12.3. The zero-order chi connectivity index (χ0) is 13.8. The van der Waals surface area contributed by atoms with E-state index in [1.807, 2.05) is 12.1 Å². The number of anilines is 1. The molecule has 0 bridgehead atoms. The fraction of sp³-hybridized carbons (Fsp3) is 0.200. The molecule has 3 heterocycles. The minimum Gasteiger partial charge on any atom is -0.350 e. The maximum Gasteiger partial charge on any atom is 0.183 e. The molecule has 0 saturated carbocycles. The smallest absolute Gasteiger partial charge is 0.183 e. The first-order valence-electron chi connectivity index (χ1n) is 6.44. The number of hydrogen-bond acceptors (Lipinski definition) is 5. The molecule has 5 nitrogen and oxygen atoms in total. The van der Waals surface area contributed by atoms with Crippen molar-refractivity contribution in [1.82, 2.24) is 15.0 Å². The van der Waals surface area contributed by atoms with E-state index >= 15 is 0 Å². The third kappa shape index (κ3) is 2.36. The zero-order valence-electron chi connectivity index (χ0n) is 10.9. The van der Waals surface area contributed by atoms with Crippen LogP contribution in [0.2, 0.25) is 0 Å². The van der Waals surface area contributed by atoms with Crippen LogP contribution in [0.5, 0.6) is 0 Å². The maximum atomic E-state index is 9.13. The molecule has 5 heteroatoms. The highest BCUT2D eigenvalue weighted by atomic mass is 15.2. The molecule has 2 aromatic heterocycles. The average molecular weight is 263 g/mol. The topological polar surface area (TPSA) is 65.7 Å². The lowest BCUT2D eigenvalue weighted by atomic mass is 10.0. The Morgan fingerprint density at radius 1 is 1.10 bits per heavy atom. The minimum atomic E-state index is 0.378. The van der Waals surface area contributed by atoms with Crippen molar-refractivity contribution in [3.05, 3.63) is 54.3 Å². The number of pyridine rings is 1. The fourth-order valence-corrected chi connectivity index (χ4v) is 2.34. The second-order valence-electron chi connectivity index (χ2n) is 4.52. The predicted octanol–water partition coefficient (Wildman–Crippen LogP) is 2.04. The molecule has 0 atom stereocenters. The van der Waals surface area contributed by atoms with E-state index in [2.05, 4.69) is 32.0 Å². The zero-order valence-corrected chi connectivity index (χ0v) is 10.9. The maximum absolute atomic E-state index is 9.13. The van der Waals surface area contributed by atoms with Crippen LogP contribution in [-0.2, 0) is 0 Å². The van der Waals surface area contributed by atoms with Crippen LogP contribution in [0.1, 0.15) is 17.7 Å². The van der Waals surface area contributed by atoms with Crippen LogP contribution in [0.3, 0.4) is 0 Å². The van der Waals surface area contributed by atoms with Crippen LogP contribution < -0.4 is 4.90 Å². The van der Waals surface area contributed by atoms with Gasteiger partial charge in [0.2, 0.25) is 0 Å². The summed E-state index contributed by atoms with van der Waals surface area (Å²) in [5, 5.41) is 9.13.